The molecule has 0 unspecified atom stereocenters. The van der Waals surface area contributed by atoms with Crippen LogP contribution in [0.2, 0.25) is 5.02 Å². The third-order valence-electron chi connectivity index (χ3n) is 3.24. The molecule has 20 heavy (non-hydrogen) atoms. The van der Waals surface area contributed by atoms with Crippen LogP contribution < -0.4 is 0 Å². The van der Waals surface area contributed by atoms with Crippen LogP contribution in [0.15, 0.2) is 54.7 Å². The molecule has 0 aliphatic carbocycles. The molecule has 1 aromatic heterocycles. The second-order valence-corrected chi connectivity index (χ2v) is 5.17. The fourth-order valence-electron chi connectivity index (χ4n) is 2.29. The number of para-hydroxylation sites is 1. The average molecular weight is 304 g/mol. The van der Waals surface area contributed by atoms with Gasteiger partial charge >= 0.3 is 0 Å². The minimum absolute atomic E-state index is 0.0192. The fourth-order valence-corrected chi connectivity index (χ4v) is 2.56. The number of alkyl halides is 1. The molecule has 0 amide bonds. The SMILES string of the molecule is O=C(CCl)c1cn(-c2ccc(Cl)cc2)c2ccccc12. The number of aromatic nitrogens is 1. The first kappa shape index (κ1) is 13.2. The topological polar surface area (TPSA) is 22.0 Å². The molecule has 0 spiro atoms. The van der Waals surface area contributed by atoms with Crippen molar-refractivity contribution in [1.29, 1.82) is 0 Å². The molecule has 2 nitrogen and oxygen atoms in total. The Balaban J connectivity index is 2.26. The highest BCUT2D eigenvalue weighted by molar-refractivity contribution is 6.32. The Morgan fingerprint density at radius 3 is 2.45 bits per heavy atom. The van der Waals surface area contributed by atoms with Crippen molar-refractivity contribution in [2.24, 2.45) is 0 Å². The maximum atomic E-state index is 12.0. The van der Waals surface area contributed by atoms with E-state index < -0.39 is 0 Å². The molecule has 2 aromatic carbocycles. The van der Waals surface area contributed by atoms with E-state index in [2.05, 4.69) is 0 Å². The molecule has 3 rings (SSSR count). The van der Waals surface area contributed by atoms with Gasteiger partial charge in [0.15, 0.2) is 5.78 Å². The predicted molar refractivity (Wildman–Crippen MR) is 83.3 cm³/mol. The molecule has 0 aliphatic heterocycles. The Kier molecular flexibility index (Phi) is 3.51. The second-order valence-electron chi connectivity index (χ2n) is 4.46. The molecule has 4 heteroatoms. The molecular weight excluding hydrogens is 293 g/mol. The lowest BCUT2D eigenvalue weighted by molar-refractivity contribution is 0.102. The summed E-state index contributed by atoms with van der Waals surface area (Å²) in [4.78, 5) is 12.0. The molecule has 0 N–H and O–H groups in total. The van der Waals surface area contributed by atoms with Crippen molar-refractivity contribution < 1.29 is 4.79 Å². The van der Waals surface area contributed by atoms with Gasteiger partial charge in [0.2, 0.25) is 0 Å². The number of fused-ring (bicyclic) bond motifs is 1. The molecule has 0 atom stereocenters. The Bertz CT molecular complexity index is 775. The van der Waals surface area contributed by atoms with Gasteiger partial charge in [-0.25, -0.2) is 0 Å². The lowest BCUT2D eigenvalue weighted by Crippen LogP contribution is -1.99. The van der Waals surface area contributed by atoms with Crippen molar-refractivity contribution in [3.63, 3.8) is 0 Å². The summed E-state index contributed by atoms with van der Waals surface area (Å²) in [5.41, 5.74) is 2.58. The van der Waals surface area contributed by atoms with E-state index in [1.165, 1.54) is 0 Å². The van der Waals surface area contributed by atoms with Gasteiger partial charge in [0, 0.05) is 27.9 Å². The molecule has 0 radical (unpaired) electrons. The van der Waals surface area contributed by atoms with Gasteiger partial charge in [-0.1, -0.05) is 29.8 Å². The molecule has 0 aliphatic rings. The summed E-state index contributed by atoms with van der Waals surface area (Å²) in [6, 6.07) is 15.3. The highest BCUT2D eigenvalue weighted by atomic mass is 35.5. The van der Waals surface area contributed by atoms with Crippen molar-refractivity contribution in [2.75, 3.05) is 5.88 Å². The van der Waals surface area contributed by atoms with Crippen LogP contribution in [0.1, 0.15) is 10.4 Å². The molecule has 100 valence electrons. The third-order valence-corrected chi connectivity index (χ3v) is 3.73. The quantitative estimate of drug-likeness (QED) is 0.507. The van der Waals surface area contributed by atoms with Crippen molar-refractivity contribution >= 4 is 39.9 Å². The van der Waals surface area contributed by atoms with E-state index in [0.717, 1.165) is 16.6 Å². The zero-order valence-electron chi connectivity index (χ0n) is 10.5. The first-order valence-corrected chi connectivity index (χ1v) is 7.07. The molecule has 0 bridgehead atoms. The summed E-state index contributed by atoms with van der Waals surface area (Å²) in [6.45, 7) is 0. The molecule has 0 fully saturated rings. The summed E-state index contributed by atoms with van der Waals surface area (Å²) in [6.07, 6.45) is 1.83. The fraction of sp³-hybridized carbons (Fsp3) is 0.0625. The zero-order chi connectivity index (χ0) is 14.1. The van der Waals surface area contributed by atoms with Crippen LogP contribution >= 0.6 is 23.2 Å². The van der Waals surface area contributed by atoms with Crippen LogP contribution in [0.3, 0.4) is 0 Å². The maximum Gasteiger partial charge on any atom is 0.179 e. The van der Waals surface area contributed by atoms with Gasteiger partial charge in [0.1, 0.15) is 0 Å². The van der Waals surface area contributed by atoms with Crippen molar-refractivity contribution in [1.82, 2.24) is 4.57 Å². The minimum atomic E-state index is -0.0735. The Hall–Kier alpha value is -1.77. The van der Waals surface area contributed by atoms with Crippen molar-refractivity contribution in [2.45, 2.75) is 0 Å². The third kappa shape index (κ3) is 2.21. The number of halogens is 2. The Labute approximate surface area is 126 Å². The van der Waals surface area contributed by atoms with Gasteiger partial charge in [-0.05, 0) is 30.3 Å². The van der Waals surface area contributed by atoms with E-state index >= 15 is 0 Å². The van der Waals surface area contributed by atoms with E-state index in [1.54, 1.807) is 0 Å². The lowest BCUT2D eigenvalue weighted by Gasteiger charge is -2.04. The van der Waals surface area contributed by atoms with Crippen LogP contribution in [0.4, 0.5) is 0 Å². The first-order chi connectivity index (χ1) is 9.70. The summed E-state index contributed by atoms with van der Waals surface area (Å²) in [5, 5.41) is 1.59. The molecule has 1 heterocycles. The Morgan fingerprint density at radius 2 is 1.75 bits per heavy atom. The molecule has 0 saturated heterocycles. The van der Waals surface area contributed by atoms with Crippen molar-refractivity contribution in [3.05, 3.63) is 65.3 Å². The van der Waals surface area contributed by atoms with E-state index in [4.69, 9.17) is 23.2 Å². The van der Waals surface area contributed by atoms with Crippen LogP contribution in [0.5, 0.6) is 0 Å². The van der Waals surface area contributed by atoms with E-state index in [-0.39, 0.29) is 11.7 Å². The van der Waals surface area contributed by atoms with Gasteiger partial charge in [-0.15, -0.1) is 11.6 Å². The van der Waals surface area contributed by atoms with Crippen LogP contribution in [-0.2, 0) is 0 Å². The summed E-state index contributed by atoms with van der Waals surface area (Å²) in [7, 11) is 0. The lowest BCUT2D eigenvalue weighted by atomic mass is 10.1. The van der Waals surface area contributed by atoms with Crippen molar-refractivity contribution in [3.8, 4) is 5.69 Å². The van der Waals surface area contributed by atoms with E-state index in [9.17, 15) is 4.79 Å². The number of Topliss-reactive ketones (excluding diaryl/α,β-unsaturated/α-hetero) is 1. The predicted octanol–water partition coefficient (Wildman–Crippen LogP) is 4.71. The van der Waals surface area contributed by atoms with Crippen LogP contribution in [0, 0.1) is 0 Å². The summed E-state index contributed by atoms with van der Waals surface area (Å²) < 4.78 is 1.98. The van der Waals surface area contributed by atoms with Crippen LogP contribution in [-0.4, -0.2) is 16.2 Å². The smallest absolute Gasteiger partial charge is 0.179 e. The standard InChI is InChI=1S/C16H11Cl2NO/c17-9-16(20)14-10-19(12-7-5-11(18)6-8-12)15-4-2-1-3-13(14)15/h1-8,10H,9H2. The first-order valence-electron chi connectivity index (χ1n) is 6.16. The van der Waals surface area contributed by atoms with Crippen LogP contribution in [0.25, 0.3) is 16.6 Å². The molecule has 3 aromatic rings. The zero-order valence-corrected chi connectivity index (χ0v) is 12.0. The normalized spacial score (nSPS) is 10.9. The van der Waals surface area contributed by atoms with Gasteiger partial charge < -0.3 is 4.57 Å². The summed E-state index contributed by atoms with van der Waals surface area (Å²) in [5.74, 6) is -0.0928. The highest BCUT2D eigenvalue weighted by Crippen LogP contribution is 2.26. The number of carbonyl (C=O) groups is 1. The molecule has 0 saturated carbocycles. The molecular formula is C16H11Cl2NO. The van der Waals surface area contributed by atoms with E-state index in [1.807, 2.05) is 59.3 Å². The highest BCUT2D eigenvalue weighted by Gasteiger charge is 2.14. The van der Waals surface area contributed by atoms with Gasteiger partial charge in [0.25, 0.3) is 0 Å². The number of benzene rings is 2. The monoisotopic (exact) mass is 303 g/mol. The Morgan fingerprint density at radius 1 is 1.05 bits per heavy atom. The number of rotatable bonds is 3. The number of carbonyl (C=O) groups excluding carboxylic acids is 1. The van der Waals surface area contributed by atoms with Gasteiger partial charge in [-0.3, -0.25) is 4.79 Å². The maximum absolute atomic E-state index is 12.0. The largest absolute Gasteiger partial charge is 0.316 e. The number of nitrogens with zero attached hydrogens (tertiary/aromatic N) is 1. The number of hydrogen-bond acceptors (Lipinski definition) is 1. The van der Waals surface area contributed by atoms with Gasteiger partial charge in [0.05, 0.1) is 11.4 Å². The summed E-state index contributed by atoms with van der Waals surface area (Å²) >= 11 is 11.6. The number of ketones is 1. The number of hydrogen-bond donors (Lipinski definition) is 0. The van der Waals surface area contributed by atoms with E-state index in [0.29, 0.717) is 10.6 Å². The van der Waals surface area contributed by atoms with Gasteiger partial charge in [-0.2, -0.15) is 0 Å². The average Bonchev–Trinajstić information content (AvgIpc) is 2.87. The minimum Gasteiger partial charge on any atom is -0.316 e. The second kappa shape index (κ2) is 5.31.